The number of aryl methyl sites for hydroxylation is 2. The lowest BCUT2D eigenvalue weighted by molar-refractivity contribution is -0.136. The molecule has 2 bridgehead atoms. The van der Waals surface area contributed by atoms with Crippen molar-refractivity contribution in [1.29, 1.82) is 0 Å². The second kappa shape index (κ2) is 6.79. The van der Waals surface area contributed by atoms with E-state index in [0.29, 0.717) is 42.8 Å². The van der Waals surface area contributed by atoms with Crippen molar-refractivity contribution in [1.82, 2.24) is 19.6 Å². The maximum absolute atomic E-state index is 13.2. The van der Waals surface area contributed by atoms with Gasteiger partial charge in [0.05, 0.1) is 6.04 Å². The minimum atomic E-state index is 0.298. The maximum Gasteiger partial charge on any atom is 0.224 e. The van der Waals surface area contributed by atoms with Crippen LogP contribution in [0.4, 0.5) is 0 Å². The number of hydrogen-bond donors (Lipinski definition) is 0. The molecule has 142 valence electrons. The highest BCUT2D eigenvalue weighted by molar-refractivity contribution is 5.77. The van der Waals surface area contributed by atoms with Crippen molar-refractivity contribution >= 4 is 5.91 Å². The summed E-state index contributed by atoms with van der Waals surface area (Å²) in [6, 6.07) is 13.7. The molecule has 1 aromatic carbocycles. The molecule has 0 spiro atoms. The lowest BCUT2D eigenvalue weighted by Gasteiger charge is -2.51. The lowest BCUT2D eigenvalue weighted by atomic mass is 9.75. The van der Waals surface area contributed by atoms with Gasteiger partial charge in [-0.2, -0.15) is 5.10 Å². The van der Waals surface area contributed by atoms with Crippen LogP contribution in [0.15, 0.2) is 42.6 Å². The van der Waals surface area contributed by atoms with Crippen LogP contribution in [0.1, 0.15) is 36.4 Å². The number of carbonyl (C=O) groups is 1. The van der Waals surface area contributed by atoms with Crippen molar-refractivity contribution in [2.75, 3.05) is 19.6 Å². The van der Waals surface area contributed by atoms with Crippen molar-refractivity contribution in [3.8, 4) is 0 Å². The van der Waals surface area contributed by atoms with Gasteiger partial charge in [0.1, 0.15) is 0 Å². The van der Waals surface area contributed by atoms with E-state index in [1.807, 2.05) is 23.9 Å². The number of aromatic nitrogens is 2. The van der Waals surface area contributed by atoms with E-state index in [9.17, 15) is 4.79 Å². The summed E-state index contributed by atoms with van der Waals surface area (Å²) in [5, 5.41) is 4.33. The fraction of sp³-hybridized carbons (Fsp3) is 0.545. The molecule has 0 aliphatic carbocycles. The minimum absolute atomic E-state index is 0.298. The fourth-order valence-electron chi connectivity index (χ4n) is 5.68. The van der Waals surface area contributed by atoms with Crippen LogP contribution in [0, 0.1) is 12.8 Å². The van der Waals surface area contributed by atoms with Crippen LogP contribution in [-0.4, -0.2) is 57.2 Å². The summed E-state index contributed by atoms with van der Waals surface area (Å²) in [7, 11) is 0. The topological polar surface area (TPSA) is 41.4 Å². The van der Waals surface area contributed by atoms with Gasteiger partial charge in [-0.15, -0.1) is 0 Å². The first kappa shape index (κ1) is 17.0. The highest BCUT2D eigenvalue weighted by atomic mass is 16.2. The average Bonchev–Trinajstić information content (AvgIpc) is 3.33. The van der Waals surface area contributed by atoms with Crippen LogP contribution in [0.2, 0.25) is 0 Å². The standard InChI is InChI=1S/C22H28N4O/c1-16-7-11-23-26(16)14-10-20(27)25-15-19(17-5-3-2-4-6-17)22-21(25)18-8-12-24(22)13-9-18/h2-7,11,18-19,21-22H,8-10,12-15H2,1H3/t19-,21+,22+/m1/s1. The lowest BCUT2D eigenvalue weighted by Crippen LogP contribution is -2.60. The third-order valence-electron chi connectivity index (χ3n) is 7.01. The summed E-state index contributed by atoms with van der Waals surface area (Å²) >= 11 is 0. The summed E-state index contributed by atoms with van der Waals surface area (Å²) in [6.07, 6.45) is 4.83. The van der Waals surface area contributed by atoms with E-state index >= 15 is 0 Å². The monoisotopic (exact) mass is 364 g/mol. The van der Waals surface area contributed by atoms with Gasteiger partial charge in [-0.1, -0.05) is 30.3 Å². The highest BCUT2D eigenvalue weighted by Crippen LogP contribution is 2.46. The third kappa shape index (κ3) is 2.89. The van der Waals surface area contributed by atoms with E-state index in [0.717, 1.165) is 12.2 Å². The van der Waals surface area contributed by atoms with Crippen molar-refractivity contribution < 1.29 is 4.79 Å². The van der Waals surface area contributed by atoms with Gasteiger partial charge in [-0.25, -0.2) is 0 Å². The Balaban J connectivity index is 1.39. The van der Waals surface area contributed by atoms with Crippen LogP contribution >= 0.6 is 0 Å². The molecule has 1 amide bonds. The van der Waals surface area contributed by atoms with Gasteiger partial charge >= 0.3 is 0 Å². The Kier molecular flexibility index (Phi) is 4.27. The molecular formula is C22H28N4O. The van der Waals surface area contributed by atoms with Gasteiger partial charge < -0.3 is 4.90 Å². The predicted octanol–water partition coefficient (Wildman–Crippen LogP) is 2.67. The van der Waals surface area contributed by atoms with Gasteiger partial charge in [0.25, 0.3) is 0 Å². The predicted molar refractivity (Wildman–Crippen MR) is 104 cm³/mol. The Morgan fingerprint density at radius 3 is 2.59 bits per heavy atom. The van der Waals surface area contributed by atoms with Crippen LogP contribution in [0.25, 0.3) is 0 Å². The second-order valence-electron chi connectivity index (χ2n) is 8.36. The fourth-order valence-corrected chi connectivity index (χ4v) is 5.68. The van der Waals surface area contributed by atoms with E-state index in [-0.39, 0.29) is 0 Å². The Hall–Kier alpha value is -2.14. The van der Waals surface area contributed by atoms with E-state index in [2.05, 4.69) is 45.2 Å². The zero-order valence-corrected chi connectivity index (χ0v) is 16.0. The van der Waals surface area contributed by atoms with E-state index in [1.54, 1.807) is 0 Å². The summed E-state index contributed by atoms with van der Waals surface area (Å²) in [5.74, 6) is 1.41. The minimum Gasteiger partial charge on any atom is -0.337 e. The second-order valence-corrected chi connectivity index (χ2v) is 8.36. The van der Waals surface area contributed by atoms with Gasteiger partial charge in [-0.3, -0.25) is 14.4 Å². The summed E-state index contributed by atoms with van der Waals surface area (Å²) in [6.45, 7) is 5.98. The highest BCUT2D eigenvalue weighted by Gasteiger charge is 2.54. The average molecular weight is 364 g/mol. The van der Waals surface area contributed by atoms with E-state index in [4.69, 9.17) is 0 Å². The first-order valence-corrected chi connectivity index (χ1v) is 10.3. The van der Waals surface area contributed by atoms with Gasteiger partial charge in [0.15, 0.2) is 0 Å². The van der Waals surface area contributed by atoms with Crippen molar-refractivity contribution in [3.05, 3.63) is 53.9 Å². The molecule has 4 aliphatic heterocycles. The molecule has 3 atom stereocenters. The van der Waals surface area contributed by atoms with Crippen molar-refractivity contribution in [2.24, 2.45) is 5.92 Å². The molecule has 0 radical (unpaired) electrons. The Morgan fingerprint density at radius 2 is 1.89 bits per heavy atom. The largest absolute Gasteiger partial charge is 0.337 e. The Bertz CT molecular complexity index is 809. The molecule has 6 rings (SSSR count). The molecule has 4 saturated heterocycles. The molecule has 2 aromatic rings. The molecule has 0 unspecified atom stereocenters. The first-order valence-electron chi connectivity index (χ1n) is 10.3. The smallest absolute Gasteiger partial charge is 0.224 e. The number of fused-ring (bicyclic) bond motifs is 2. The quantitative estimate of drug-likeness (QED) is 0.838. The molecule has 0 saturated carbocycles. The third-order valence-corrected chi connectivity index (χ3v) is 7.01. The summed E-state index contributed by atoms with van der Waals surface area (Å²) in [4.78, 5) is 18.1. The number of hydrogen-bond acceptors (Lipinski definition) is 3. The van der Waals surface area contributed by atoms with Crippen molar-refractivity contribution in [3.63, 3.8) is 0 Å². The summed E-state index contributed by atoms with van der Waals surface area (Å²) in [5.41, 5.74) is 2.50. The molecule has 0 N–H and O–H groups in total. The van der Waals surface area contributed by atoms with Gasteiger partial charge in [0.2, 0.25) is 5.91 Å². The van der Waals surface area contributed by atoms with Crippen LogP contribution in [0.3, 0.4) is 0 Å². The van der Waals surface area contributed by atoms with Crippen molar-refractivity contribution in [2.45, 2.75) is 50.7 Å². The normalized spacial score (nSPS) is 31.9. The molecule has 5 nitrogen and oxygen atoms in total. The SMILES string of the molecule is Cc1ccnn1CCC(=O)N1C[C@H](c2ccccc2)[C@H]2[C@@H]1C1CCN2CC1. The number of amides is 1. The number of carbonyl (C=O) groups excluding carboxylic acids is 1. The van der Waals surface area contributed by atoms with Crippen LogP contribution < -0.4 is 0 Å². The Labute approximate surface area is 161 Å². The molecule has 1 aromatic heterocycles. The molecule has 4 aliphatic rings. The number of likely N-dealkylation sites (tertiary alicyclic amines) is 1. The summed E-state index contributed by atoms with van der Waals surface area (Å²) < 4.78 is 1.94. The van der Waals surface area contributed by atoms with Crippen LogP contribution in [0.5, 0.6) is 0 Å². The van der Waals surface area contributed by atoms with E-state index in [1.165, 1.54) is 31.5 Å². The molecule has 4 fully saturated rings. The van der Waals surface area contributed by atoms with E-state index < -0.39 is 0 Å². The number of rotatable bonds is 4. The van der Waals surface area contributed by atoms with Gasteiger partial charge in [-0.05, 0) is 50.4 Å². The van der Waals surface area contributed by atoms with Gasteiger partial charge in [0, 0.05) is 43.4 Å². The number of nitrogens with zero attached hydrogens (tertiary/aromatic N) is 4. The number of benzene rings is 1. The maximum atomic E-state index is 13.2. The first-order chi connectivity index (χ1) is 13.2. The molecule has 5 heteroatoms. The molecular weight excluding hydrogens is 336 g/mol. The number of piperidine rings is 3. The zero-order valence-electron chi connectivity index (χ0n) is 16.0. The molecule has 27 heavy (non-hydrogen) atoms. The van der Waals surface area contributed by atoms with Crippen LogP contribution in [-0.2, 0) is 11.3 Å². The Morgan fingerprint density at radius 1 is 1.11 bits per heavy atom. The zero-order chi connectivity index (χ0) is 18.4. The molecule has 5 heterocycles.